The molecular weight excluding hydrogens is 536 g/mol. The fourth-order valence-corrected chi connectivity index (χ4v) is 5.12. The Bertz CT molecular complexity index is 1330. The molecule has 0 aromatic heterocycles. The second-order valence-electron chi connectivity index (χ2n) is 9.93. The number of benzene rings is 3. The minimum absolute atomic E-state index is 0.0179. The number of rotatable bonds is 12. The molecule has 1 fully saturated rings. The minimum atomic E-state index is -1.40. The molecule has 0 amide bonds. The largest absolute Gasteiger partial charge is 0.504 e. The number of aliphatic hydroxyl groups excluding tert-OH is 3. The van der Waals surface area contributed by atoms with E-state index in [1.54, 1.807) is 30.3 Å². The third-order valence-corrected chi connectivity index (χ3v) is 7.39. The van der Waals surface area contributed by atoms with E-state index in [1.807, 2.05) is 0 Å². The Kier molecular flexibility index (Phi) is 9.46. The van der Waals surface area contributed by atoms with E-state index in [4.69, 9.17) is 23.7 Å². The van der Waals surface area contributed by atoms with E-state index in [9.17, 15) is 30.6 Å². The molecule has 0 aliphatic carbocycles. The van der Waals surface area contributed by atoms with Crippen molar-refractivity contribution in [1.82, 2.24) is 0 Å². The minimum Gasteiger partial charge on any atom is -0.504 e. The van der Waals surface area contributed by atoms with Crippen LogP contribution < -0.4 is 18.9 Å². The molecular formula is C30H36O11. The third kappa shape index (κ3) is 6.29. The zero-order chi connectivity index (χ0) is 29.7. The molecule has 6 N–H and O–H groups in total. The van der Waals surface area contributed by atoms with Crippen molar-refractivity contribution in [2.24, 2.45) is 5.92 Å². The van der Waals surface area contributed by atoms with Gasteiger partial charge in [-0.25, -0.2) is 0 Å². The summed E-state index contributed by atoms with van der Waals surface area (Å²) in [7, 11) is 4.26. The molecule has 0 bridgehead atoms. The maximum atomic E-state index is 11.5. The highest BCUT2D eigenvalue weighted by atomic mass is 16.5. The van der Waals surface area contributed by atoms with E-state index in [1.165, 1.54) is 45.6 Å². The first-order valence-corrected chi connectivity index (χ1v) is 13.0. The molecule has 3 aromatic rings. The summed E-state index contributed by atoms with van der Waals surface area (Å²) >= 11 is 0. The van der Waals surface area contributed by atoms with Crippen molar-refractivity contribution >= 4 is 0 Å². The normalized spacial score (nSPS) is 21.7. The van der Waals surface area contributed by atoms with Crippen LogP contribution in [0.2, 0.25) is 0 Å². The maximum Gasteiger partial charge on any atom is 0.161 e. The van der Waals surface area contributed by atoms with Crippen LogP contribution in [0.4, 0.5) is 0 Å². The van der Waals surface area contributed by atoms with Crippen LogP contribution in [0.1, 0.15) is 28.9 Å². The van der Waals surface area contributed by atoms with Crippen LogP contribution in [0.15, 0.2) is 54.6 Å². The molecule has 5 unspecified atom stereocenters. The average molecular weight is 573 g/mol. The molecule has 1 saturated heterocycles. The van der Waals surface area contributed by atoms with Crippen molar-refractivity contribution in [1.29, 1.82) is 0 Å². The summed E-state index contributed by atoms with van der Waals surface area (Å²) in [5.41, 5.74) is 0.286. The zero-order valence-corrected chi connectivity index (χ0v) is 23.1. The maximum absolute atomic E-state index is 11.5. The number of aromatic hydroxyl groups is 2. The Hall–Kier alpha value is -3.74. The van der Waals surface area contributed by atoms with Gasteiger partial charge in [0.25, 0.3) is 0 Å². The first-order chi connectivity index (χ1) is 19.7. The van der Waals surface area contributed by atoms with Gasteiger partial charge in [0, 0.05) is 12.3 Å². The first kappa shape index (κ1) is 30.2. The molecule has 0 saturated carbocycles. The quantitative estimate of drug-likeness (QED) is 0.188. The van der Waals surface area contributed by atoms with Crippen molar-refractivity contribution in [3.8, 4) is 34.5 Å². The molecule has 11 heteroatoms. The van der Waals surface area contributed by atoms with Gasteiger partial charge in [-0.3, -0.25) is 0 Å². The summed E-state index contributed by atoms with van der Waals surface area (Å²) in [5, 5.41) is 62.4. The molecule has 11 nitrogen and oxygen atoms in total. The van der Waals surface area contributed by atoms with E-state index < -0.39 is 36.4 Å². The predicted octanol–water partition coefficient (Wildman–Crippen LogP) is 2.25. The van der Waals surface area contributed by atoms with E-state index in [2.05, 4.69) is 0 Å². The lowest BCUT2D eigenvalue weighted by molar-refractivity contribution is -0.0150. The first-order valence-electron chi connectivity index (χ1n) is 13.0. The predicted molar refractivity (Wildman–Crippen MR) is 147 cm³/mol. The Morgan fingerprint density at radius 2 is 1.51 bits per heavy atom. The Morgan fingerprint density at radius 3 is 2.15 bits per heavy atom. The number of hydrogen-bond acceptors (Lipinski definition) is 11. The van der Waals surface area contributed by atoms with Gasteiger partial charge in [0.1, 0.15) is 6.10 Å². The van der Waals surface area contributed by atoms with Crippen LogP contribution in [0.5, 0.6) is 34.5 Å². The van der Waals surface area contributed by atoms with Gasteiger partial charge >= 0.3 is 0 Å². The van der Waals surface area contributed by atoms with E-state index in [-0.39, 0.29) is 54.1 Å². The second kappa shape index (κ2) is 12.8. The van der Waals surface area contributed by atoms with Gasteiger partial charge in [-0.05, 0) is 53.1 Å². The highest BCUT2D eigenvalue weighted by Gasteiger charge is 2.49. The van der Waals surface area contributed by atoms with Crippen LogP contribution in [0.3, 0.4) is 0 Å². The third-order valence-electron chi connectivity index (χ3n) is 7.39. The molecule has 0 radical (unpaired) electrons. The standard InChI is InChI=1S/C30H36O11/c1-37-24-10-17(4-7-21(24)33)13-30(36)16-40-29(20(30)14-31)19-6-9-23(26(12-19)39-3)41-27(15-32)28(35)18-5-8-22(34)25(11-18)38-2/h4-12,20,27-29,31-36H,13-16H2,1-3H3. The van der Waals surface area contributed by atoms with Crippen molar-refractivity contribution in [3.05, 3.63) is 71.3 Å². The fraction of sp³-hybridized carbons (Fsp3) is 0.400. The summed E-state index contributed by atoms with van der Waals surface area (Å²) < 4.78 is 27.7. The summed E-state index contributed by atoms with van der Waals surface area (Å²) in [6.07, 6.45) is -2.86. The van der Waals surface area contributed by atoms with Crippen molar-refractivity contribution < 1.29 is 54.3 Å². The van der Waals surface area contributed by atoms with Gasteiger partial charge < -0.3 is 54.3 Å². The summed E-state index contributed by atoms with van der Waals surface area (Å²) in [6.45, 7) is -0.921. The highest BCUT2D eigenvalue weighted by Crippen LogP contribution is 2.45. The lowest BCUT2D eigenvalue weighted by Gasteiger charge is -2.30. The number of ether oxygens (including phenoxy) is 5. The fourth-order valence-electron chi connectivity index (χ4n) is 5.12. The second-order valence-corrected chi connectivity index (χ2v) is 9.93. The highest BCUT2D eigenvalue weighted by molar-refractivity contribution is 5.46. The van der Waals surface area contributed by atoms with Gasteiger partial charge in [-0.1, -0.05) is 18.2 Å². The van der Waals surface area contributed by atoms with Gasteiger partial charge in [-0.2, -0.15) is 0 Å². The topological polar surface area (TPSA) is 168 Å². The van der Waals surface area contributed by atoms with Crippen LogP contribution in [0, 0.1) is 5.92 Å². The number of phenols is 2. The summed E-state index contributed by atoms with van der Waals surface area (Å²) in [4.78, 5) is 0. The molecule has 3 aromatic carbocycles. The summed E-state index contributed by atoms with van der Waals surface area (Å²) in [6, 6.07) is 14.1. The Balaban J connectivity index is 1.54. The molecule has 0 spiro atoms. The molecule has 5 atom stereocenters. The van der Waals surface area contributed by atoms with Crippen molar-refractivity contribution in [3.63, 3.8) is 0 Å². The molecule has 1 aliphatic heterocycles. The Morgan fingerprint density at radius 1 is 0.854 bits per heavy atom. The number of hydrogen-bond donors (Lipinski definition) is 6. The van der Waals surface area contributed by atoms with Gasteiger partial charge in [0.2, 0.25) is 0 Å². The molecule has 41 heavy (non-hydrogen) atoms. The number of phenolic OH excluding ortho intramolecular Hbond substituents is 2. The monoisotopic (exact) mass is 572 g/mol. The van der Waals surface area contributed by atoms with Crippen LogP contribution in [-0.2, 0) is 11.2 Å². The van der Waals surface area contributed by atoms with Crippen molar-refractivity contribution in [2.45, 2.75) is 30.3 Å². The molecule has 1 heterocycles. The zero-order valence-electron chi connectivity index (χ0n) is 23.1. The average Bonchev–Trinajstić information content (AvgIpc) is 3.32. The lowest BCUT2D eigenvalue weighted by Crippen LogP contribution is -2.41. The SMILES string of the molecule is COc1cc(CC2(O)COC(c3ccc(OC(CO)C(O)c4ccc(O)c(OC)c4)c(OC)c3)C2CO)ccc1O. The van der Waals surface area contributed by atoms with Crippen LogP contribution in [0.25, 0.3) is 0 Å². The van der Waals surface area contributed by atoms with E-state index in [0.717, 1.165) is 0 Å². The van der Waals surface area contributed by atoms with Gasteiger partial charge in [0.05, 0.1) is 52.9 Å². The van der Waals surface area contributed by atoms with Gasteiger partial charge in [0.15, 0.2) is 40.6 Å². The molecule has 1 aliphatic rings. The summed E-state index contributed by atoms with van der Waals surface area (Å²) in [5.74, 6) is 0.177. The van der Waals surface area contributed by atoms with E-state index >= 15 is 0 Å². The molecule has 4 rings (SSSR count). The van der Waals surface area contributed by atoms with Crippen LogP contribution >= 0.6 is 0 Å². The number of methoxy groups -OCH3 is 3. The van der Waals surface area contributed by atoms with Crippen molar-refractivity contribution in [2.75, 3.05) is 41.2 Å². The van der Waals surface area contributed by atoms with Gasteiger partial charge in [-0.15, -0.1) is 0 Å². The lowest BCUT2D eigenvalue weighted by atomic mass is 9.80. The molecule has 222 valence electrons. The van der Waals surface area contributed by atoms with E-state index in [0.29, 0.717) is 16.7 Å². The number of aliphatic hydroxyl groups is 4. The Labute approximate surface area is 237 Å². The van der Waals surface area contributed by atoms with Crippen LogP contribution in [-0.4, -0.2) is 83.5 Å². The smallest absolute Gasteiger partial charge is 0.161 e.